The standard InChI is InChI=1S/C59H74N8O11S/c1-36(2)43-10-7-8-11-44(43)47-12-9-24-66(47)40-32-59(33-40)21-26-64(27-22-59)39-13-14-45(49(29-39)77-51-28-38-17-23-60-53(38)62-55(51)76-41-18-25-65(34-41)56(69)78-57(3,4)5)54(68)63-79(73,74)42-30-48(67(71)72)52-50(31-42)75-35-46(61-52)37-15-19-58(6,70)20-16-37/h7-8,10-11,13-14,17,23,28-31,36-37,40-41,46-47,61,70H,9,12,15-16,18-22,24-27,32-35H2,1-6H3,(H,60,62)(H,63,68)/t37?,41-,46+,47-,58?/m0/s1. The smallest absolute Gasteiger partial charge is 0.410 e. The number of H-pyrrole nitrogens is 1. The summed E-state index contributed by atoms with van der Waals surface area (Å²) in [5, 5.41) is 27.0. The number of nitro groups is 1. The number of aromatic nitrogens is 2. The van der Waals surface area contributed by atoms with Crippen molar-refractivity contribution in [1.82, 2.24) is 24.5 Å². The van der Waals surface area contributed by atoms with Crippen molar-refractivity contribution in [2.75, 3.05) is 49.5 Å². The van der Waals surface area contributed by atoms with Gasteiger partial charge in [-0.15, -0.1) is 0 Å². The van der Waals surface area contributed by atoms with E-state index in [2.05, 4.69) is 62.9 Å². The maximum absolute atomic E-state index is 14.6. The maximum Gasteiger partial charge on any atom is 0.410 e. The minimum Gasteiger partial charge on any atom is -0.489 e. The number of pyridine rings is 1. The summed E-state index contributed by atoms with van der Waals surface area (Å²) >= 11 is 0. The van der Waals surface area contributed by atoms with Gasteiger partial charge in [0.2, 0.25) is 0 Å². The van der Waals surface area contributed by atoms with E-state index in [0.29, 0.717) is 67.7 Å². The van der Waals surface area contributed by atoms with Crippen LogP contribution in [0.4, 0.5) is 21.9 Å². The summed E-state index contributed by atoms with van der Waals surface area (Å²) in [4.78, 5) is 53.5. The first-order chi connectivity index (χ1) is 37.6. The van der Waals surface area contributed by atoms with Crippen molar-refractivity contribution in [1.29, 1.82) is 0 Å². The number of aliphatic hydroxyl groups is 1. The third-order valence-corrected chi connectivity index (χ3v) is 18.8. The highest BCUT2D eigenvalue weighted by Gasteiger charge is 2.50. The predicted octanol–water partition coefficient (Wildman–Crippen LogP) is 10.6. The molecule has 5 aromatic rings. The molecule has 3 atom stereocenters. The van der Waals surface area contributed by atoms with Gasteiger partial charge in [0.15, 0.2) is 17.2 Å². The monoisotopic (exact) mass is 1100 g/mol. The summed E-state index contributed by atoms with van der Waals surface area (Å²) in [6, 6.07) is 20.4. The largest absolute Gasteiger partial charge is 0.489 e. The number of sulfonamides is 1. The van der Waals surface area contributed by atoms with Crippen LogP contribution in [-0.4, -0.2) is 119 Å². The Morgan fingerprint density at radius 3 is 2.44 bits per heavy atom. The molecule has 2 aromatic heterocycles. The fourth-order valence-electron chi connectivity index (χ4n) is 13.1. The van der Waals surface area contributed by atoms with Gasteiger partial charge in [-0.1, -0.05) is 38.1 Å². The van der Waals surface area contributed by atoms with Gasteiger partial charge >= 0.3 is 6.09 Å². The number of likely N-dealkylation sites (tertiary alicyclic amines) is 2. The van der Waals surface area contributed by atoms with Crippen LogP contribution < -0.4 is 29.1 Å². The van der Waals surface area contributed by atoms with Crippen molar-refractivity contribution in [2.24, 2.45) is 11.3 Å². The summed E-state index contributed by atoms with van der Waals surface area (Å²) in [5.74, 6) is -0.254. The molecular weight excluding hydrogens is 1030 g/mol. The Morgan fingerprint density at radius 2 is 1.71 bits per heavy atom. The third kappa shape index (κ3) is 11.4. The highest BCUT2D eigenvalue weighted by Crippen LogP contribution is 2.55. The van der Waals surface area contributed by atoms with Crippen LogP contribution in [0.25, 0.3) is 11.0 Å². The summed E-state index contributed by atoms with van der Waals surface area (Å²) in [7, 11) is -4.77. The average molecular weight is 1100 g/mol. The molecule has 6 heterocycles. The normalized spacial score (nSPS) is 24.4. The van der Waals surface area contributed by atoms with Crippen LogP contribution in [0.5, 0.6) is 23.1 Å². The van der Waals surface area contributed by atoms with E-state index < -0.39 is 54.8 Å². The molecule has 0 bridgehead atoms. The van der Waals surface area contributed by atoms with Gasteiger partial charge in [-0.2, -0.15) is 4.98 Å². The zero-order chi connectivity index (χ0) is 55.6. The number of carbonyl (C=O) groups excluding carboxylic acids is 2. The number of nitrogens with one attached hydrogen (secondary N) is 3. The second-order valence-corrected chi connectivity index (χ2v) is 26.3. The molecule has 1 spiro atoms. The topological polar surface area (TPSA) is 231 Å². The van der Waals surface area contributed by atoms with Gasteiger partial charge in [-0.25, -0.2) is 17.9 Å². The molecule has 19 nitrogen and oxygen atoms in total. The number of amides is 2. The molecule has 20 heteroatoms. The van der Waals surface area contributed by atoms with E-state index in [-0.39, 0.29) is 64.9 Å². The van der Waals surface area contributed by atoms with Crippen LogP contribution in [0.1, 0.15) is 146 Å². The number of hydrogen-bond donors (Lipinski definition) is 4. The molecule has 79 heavy (non-hydrogen) atoms. The summed E-state index contributed by atoms with van der Waals surface area (Å²) in [6.07, 6.45) is 10.5. The minimum absolute atomic E-state index is 0.0264. The molecule has 2 aliphatic carbocycles. The van der Waals surface area contributed by atoms with Crippen LogP contribution >= 0.6 is 0 Å². The molecular formula is C59H74N8O11S. The SMILES string of the molecule is CC(C)c1ccccc1[C@@H]1CCCN1C1CC2(CCN(c3ccc(C(=O)NS(=O)(=O)c4cc5c(c([N+](=O)[O-])c4)N[C@@H](C4CCC(C)(O)CC4)CO5)c(Oc4cc5cc[nH]c5nc4O[C@H]4CCN(C(=O)OC(C)(C)C)C4)c3)CC2)C1. The number of fused-ring (bicyclic) bond motifs is 2. The Kier molecular flexibility index (Phi) is 14.5. The van der Waals surface area contributed by atoms with E-state index in [1.807, 2.05) is 26.8 Å². The van der Waals surface area contributed by atoms with Gasteiger partial charge in [0.1, 0.15) is 29.7 Å². The van der Waals surface area contributed by atoms with Crippen LogP contribution in [0.3, 0.4) is 0 Å². The van der Waals surface area contributed by atoms with Crippen molar-refractivity contribution in [3.8, 4) is 23.1 Å². The Morgan fingerprint density at radius 1 is 0.949 bits per heavy atom. The molecule has 6 aliphatic rings. The molecule has 0 radical (unpaired) electrons. The molecule has 2 amide bonds. The molecule has 5 fully saturated rings. The van der Waals surface area contributed by atoms with Crippen LogP contribution in [-0.2, 0) is 14.8 Å². The van der Waals surface area contributed by atoms with E-state index in [4.69, 9.17) is 23.9 Å². The summed E-state index contributed by atoms with van der Waals surface area (Å²) in [6.45, 7) is 15.2. The van der Waals surface area contributed by atoms with Crippen molar-refractivity contribution < 1.29 is 47.0 Å². The highest BCUT2D eigenvalue weighted by molar-refractivity contribution is 7.90. The fraction of sp³-hybridized carbons (Fsp3) is 0.542. The lowest BCUT2D eigenvalue weighted by Crippen LogP contribution is -2.54. The minimum atomic E-state index is -4.77. The molecule has 0 unspecified atom stereocenters. The number of piperidine rings is 1. The Hall–Kier alpha value is -6.64. The molecule has 3 saturated heterocycles. The average Bonchev–Trinajstić information content (AvgIpc) is 4.25. The molecule has 4 N–H and O–H groups in total. The van der Waals surface area contributed by atoms with Gasteiger partial charge in [0.25, 0.3) is 27.5 Å². The number of nitro benzene ring substituents is 1. The second-order valence-electron chi connectivity index (χ2n) is 24.6. The number of carbonyl (C=O) groups is 2. The molecule has 422 valence electrons. The zero-order valence-corrected chi connectivity index (χ0v) is 46.9. The molecule has 4 aliphatic heterocycles. The van der Waals surface area contributed by atoms with Crippen LogP contribution in [0.2, 0.25) is 0 Å². The van der Waals surface area contributed by atoms with Crippen molar-refractivity contribution >= 4 is 50.1 Å². The van der Waals surface area contributed by atoms with Gasteiger partial charge in [-0.05, 0) is 151 Å². The number of benzene rings is 3. The number of ether oxygens (including phenoxy) is 4. The number of nitrogens with zero attached hydrogens (tertiary/aromatic N) is 5. The molecule has 2 saturated carbocycles. The lowest BCUT2D eigenvalue weighted by molar-refractivity contribution is -0.384. The van der Waals surface area contributed by atoms with Gasteiger partial charge in [-0.3, -0.25) is 19.8 Å². The van der Waals surface area contributed by atoms with E-state index in [9.17, 15) is 33.2 Å². The molecule has 3 aromatic carbocycles. The molecule has 11 rings (SSSR count). The van der Waals surface area contributed by atoms with Crippen molar-refractivity contribution in [2.45, 2.75) is 158 Å². The van der Waals surface area contributed by atoms with Crippen molar-refractivity contribution in [3.05, 3.63) is 99.7 Å². The fourth-order valence-corrected chi connectivity index (χ4v) is 14.1. The summed E-state index contributed by atoms with van der Waals surface area (Å²) < 4.78 is 55.7. The maximum atomic E-state index is 14.6. The number of aromatic amines is 1. The van der Waals surface area contributed by atoms with Crippen molar-refractivity contribution in [3.63, 3.8) is 0 Å². The lowest BCUT2D eigenvalue weighted by Gasteiger charge is -2.56. The van der Waals surface area contributed by atoms with Gasteiger partial charge in [0, 0.05) is 73.6 Å². The van der Waals surface area contributed by atoms with E-state index >= 15 is 0 Å². The first-order valence-corrected chi connectivity index (χ1v) is 29.6. The number of anilines is 2. The van der Waals surface area contributed by atoms with E-state index in [0.717, 1.165) is 57.1 Å². The highest BCUT2D eigenvalue weighted by atomic mass is 32.2. The van der Waals surface area contributed by atoms with Crippen LogP contribution in [0.15, 0.2) is 77.8 Å². The zero-order valence-electron chi connectivity index (χ0n) is 46.1. The second kappa shape index (κ2) is 21.1. The summed E-state index contributed by atoms with van der Waals surface area (Å²) in [5.41, 5.74) is 2.39. The first-order valence-electron chi connectivity index (χ1n) is 28.2. The first kappa shape index (κ1) is 54.3. The van der Waals surface area contributed by atoms with E-state index in [1.165, 1.54) is 36.1 Å². The van der Waals surface area contributed by atoms with Gasteiger partial charge in [0.05, 0.1) is 33.6 Å². The number of rotatable bonds is 13. The predicted molar refractivity (Wildman–Crippen MR) is 299 cm³/mol. The van der Waals surface area contributed by atoms with E-state index in [1.54, 1.807) is 36.2 Å². The number of hydrogen-bond acceptors (Lipinski definition) is 15. The van der Waals surface area contributed by atoms with Crippen LogP contribution in [0, 0.1) is 21.4 Å². The van der Waals surface area contributed by atoms with Gasteiger partial charge < -0.3 is 44.2 Å². The quantitative estimate of drug-likeness (QED) is 0.0635. The Balaban J connectivity index is 0.852. The lowest BCUT2D eigenvalue weighted by atomic mass is 9.59. The Bertz CT molecular complexity index is 3240. The third-order valence-electron chi connectivity index (χ3n) is 17.5. The Labute approximate surface area is 461 Å².